The van der Waals surface area contributed by atoms with Gasteiger partial charge < -0.3 is 9.72 Å². The molecule has 0 aliphatic carbocycles. The first kappa shape index (κ1) is 15.4. The highest BCUT2D eigenvalue weighted by Crippen LogP contribution is 2.25. The number of halogens is 1. The van der Waals surface area contributed by atoms with Crippen molar-refractivity contribution in [3.05, 3.63) is 26.3 Å². The van der Waals surface area contributed by atoms with Crippen LogP contribution in [0.25, 0.3) is 0 Å². The van der Waals surface area contributed by atoms with E-state index in [1.54, 1.807) is 0 Å². The quantitative estimate of drug-likeness (QED) is 0.905. The molecule has 0 bridgehead atoms. The SMILES string of the molecule is CCOC(c1nc(C(C)C)c(Br)c(=O)[nH]1)C(C)C. The van der Waals surface area contributed by atoms with Crippen LogP contribution in [0.5, 0.6) is 0 Å². The van der Waals surface area contributed by atoms with Gasteiger partial charge in [0, 0.05) is 6.61 Å². The standard InChI is InChI=1S/C13H21BrN2O2/c1-6-18-11(8(4)5)12-15-10(7(2)3)9(14)13(17)16-12/h7-8,11H,6H2,1-5H3,(H,15,16,17). The van der Waals surface area contributed by atoms with E-state index < -0.39 is 0 Å². The van der Waals surface area contributed by atoms with E-state index in [4.69, 9.17) is 4.74 Å². The van der Waals surface area contributed by atoms with Gasteiger partial charge in [0.05, 0.1) is 5.69 Å². The Hall–Kier alpha value is -0.680. The number of hydrogen-bond acceptors (Lipinski definition) is 3. The maximum atomic E-state index is 11.9. The Bertz CT molecular complexity index is 455. The number of aromatic amines is 1. The van der Waals surface area contributed by atoms with E-state index in [0.717, 1.165) is 5.69 Å². The molecule has 1 N–H and O–H groups in total. The highest BCUT2D eigenvalue weighted by Gasteiger charge is 2.21. The molecular formula is C13H21BrN2O2. The van der Waals surface area contributed by atoms with Gasteiger partial charge in [0.2, 0.25) is 0 Å². The zero-order valence-corrected chi connectivity index (χ0v) is 13.2. The summed E-state index contributed by atoms with van der Waals surface area (Å²) in [4.78, 5) is 19.2. The summed E-state index contributed by atoms with van der Waals surface area (Å²) in [5.41, 5.74) is 0.633. The number of rotatable bonds is 5. The summed E-state index contributed by atoms with van der Waals surface area (Å²) < 4.78 is 6.19. The minimum atomic E-state index is -0.173. The molecule has 1 aromatic rings. The molecule has 1 aromatic heterocycles. The number of nitrogens with one attached hydrogen (secondary N) is 1. The van der Waals surface area contributed by atoms with E-state index in [1.807, 2.05) is 20.8 Å². The molecule has 1 unspecified atom stereocenters. The van der Waals surface area contributed by atoms with Gasteiger partial charge in [0.15, 0.2) is 0 Å². The average molecular weight is 317 g/mol. The molecule has 4 nitrogen and oxygen atoms in total. The molecule has 1 heterocycles. The average Bonchev–Trinajstić information content (AvgIpc) is 2.28. The van der Waals surface area contributed by atoms with Crippen molar-refractivity contribution in [2.75, 3.05) is 6.61 Å². The van der Waals surface area contributed by atoms with Crippen LogP contribution in [0.15, 0.2) is 9.27 Å². The summed E-state index contributed by atoms with van der Waals surface area (Å²) in [6.45, 7) is 10.7. The van der Waals surface area contributed by atoms with E-state index in [9.17, 15) is 4.79 Å². The van der Waals surface area contributed by atoms with Crippen molar-refractivity contribution in [2.24, 2.45) is 5.92 Å². The van der Waals surface area contributed by atoms with E-state index >= 15 is 0 Å². The van der Waals surface area contributed by atoms with Gasteiger partial charge in [0.1, 0.15) is 16.4 Å². The van der Waals surface area contributed by atoms with Gasteiger partial charge in [-0.2, -0.15) is 0 Å². The van der Waals surface area contributed by atoms with Crippen LogP contribution in [0, 0.1) is 5.92 Å². The van der Waals surface area contributed by atoms with Gasteiger partial charge in [0.25, 0.3) is 5.56 Å². The molecule has 0 spiro atoms. The Balaban J connectivity index is 3.28. The van der Waals surface area contributed by atoms with Crippen LogP contribution >= 0.6 is 15.9 Å². The van der Waals surface area contributed by atoms with Crippen LogP contribution in [0.1, 0.15) is 58.2 Å². The minimum Gasteiger partial charge on any atom is -0.370 e. The predicted octanol–water partition coefficient (Wildman–Crippen LogP) is 3.39. The molecular weight excluding hydrogens is 296 g/mol. The predicted molar refractivity (Wildman–Crippen MR) is 75.9 cm³/mol. The molecule has 5 heteroatoms. The summed E-state index contributed by atoms with van der Waals surface area (Å²) in [5.74, 6) is 1.06. The van der Waals surface area contributed by atoms with Crippen molar-refractivity contribution in [3.8, 4) is 0 Å². The van der Waals surface area contributed by atoms with Crippen LogP contribution in [-0.4, -0.2) is 16.6 Å². The second kappa shape index (κ2) is 6.48. The number of ether oxygens (including phenoxy) is 1. The normalized spacial score (nSPS) is 13.3. The summed E-state index contributed by atoms with van der Waals surface area (Å²) in [6, 6.07) is 0. The first-order valence-corrected chi connectivity index (χ1v) is 7.08. The first-order valence-electron chi connectivity index (χ1n) is 6.29. The topological polar surface area (TPSA) is 55.0 Å². The Morgan fingerprint density at radius 3 is 2.39 bits per heavy atom. The van der Waals surface area contributed by atoms with Gasteiger partial charge in [-0.1, -0.05) is 27.7 Å². The molecule has 0 fully saturated rings. The highest BCUT2D eigenvalue weighted by molar-refractivity contribution is 9.10. The lowest BCUT2D eigenvalue weighted by Gasteiger charge is -2.21. The molecule has 102 valence electrons. The van der Waals surface area contributed by atoms with Crippen molar-refractivity contribution in [1.82, 2.24) is 9.97 Å². The van der Waals surface area contributed by atoms with Crippen molar-refractivity contribution in [3.63, 3.8) is 0 Å². The Morgan fingerprint density at radius 1 is 1.33 bits per heavy atom. The van der Waals surface area contributed by atoms with Gasteiger partial charge in [-0.25, -0.2) is 4.98 Å². The van der Waals surface area contributed by atoms with Gasteiger partial charge in [-0.15, -0.1) is 0 Å². The highest BCUT2D eigenvalue weighted by atomic mass is 79.9. The Kier molecular flexibility index (Phi) is 5.53. The number of hydrogen-bond donors (Lipinski definition) is 1. The zero-order valence-electron chi connectivity index (χ0n) is 11.6. The van der Waals surface area contributed by atoms with Crippen LogP contribution in [0.2, 0.25) is 0 Å². The van der Waals surface area contributed by atoms with Crippen LogP contribution in [-0.2, 0) is 4.74 Å². The Morgan fingerprint density at radius 2 is 1.94 bits per heavy atom. The second-order valence-electron chi connectivity index (χ2n) is 4.93. The number of H-pyrrole nitrogens is 1. The zero-order chi connectivity index (χ0) is 13.9. The number of aromatic nitrogens is 2. The molecule has 18 heavy (non-hydrogen) atoms. The maximum Gasteiger partial charge on any atom is 0.265 e. The smallest absolute Gasteiger partial charge is 0.265 e. The van der Waals surface area contributed by atoms with Crippen molar-refractivity contribution >= 4 is 15.9 Å². The summed E-state index contributed by atoms with van der Waals surface area (Å²) in [7, 11) is 0. The largest absolute Gasteiger partial charge is 0.370 e. The second-order valence-corrected chi connectivity index (χ2v) is 5.72. The summed E-state index contributed by atoms with van der Waals surface area (Å²) in [5, 5.41) is 0. The lowest BCUT2D eigenvalue weighted by atomic mass is 10.1. The van der Waals surface area contributed by atoms with Crippen LogP contribution in [0.3, 0.4) is 0 Å². The minimum absolute atomic E-state index is 0.144. The molecule has 0 aromatic carbocycles. The maximum absolute atomic E-state index is 11.9. The summed E-state index contributed by atoms with van der Waals surface area (Å²) >= 11 is 3.29. The molecule has 0 aliphatic rings. The fraction of sp³-hybridized carbons (Fsp3) is 0.692. The Labute approximate surface area is 116 Å². The van der Waals surface area contributed by atoms with E-state index in [2.05, 4.69) is 39.7 Å². The molecule has 0 amide bonds. The fourth-order valence-electron chi connectivity index (χ4n) is 1.78. The molecule has 1 rings (SSSR count). The third kappa shape index (κ3) is 3.42. The molecule has 0 saturated heterocycles. The van der Waals surface area contributed by atoms with E-state index in [-0.39, 0.29) is 23.5 Å². The molecule has 0 aliphatic heterocycles. The van der Waals surface area contributed by atoms with Gasteiger partial charge >= 0.3 is 0 Å². The van der Waals surface area contributed by atoms with Gasteiger partial charge in [-0.3, -0.25) is 4.79 Å². The van der Waals surface area contributed by atoms with Gasteiger partial charge in [-0.05, 0) is 34.7 Å². The lowest BCUT2D eigenvalue weighted by Crippen LogP contribution is -2.22. The lowest BCUT2D eigenvalue weighted by molar-refractivity contribution is 0.0228. The van der Waals surface area contributed by atoms with Crippen molar-refractivity contribution in [2.45, 2.75) is 46.6 Å². The first-order chi connectivity index (χ1) is 8.38. The monoisotopic (exact) mass is 316 g/mol. The third-order valence-corrected chi connectivity index (χ3v) is 3.44. The van der Waals surface area contributed by atoms with E-state index in [1.165, 1.54) is 0 Å². The van der Waals surface area contributed by atoms with Crippen molar-refractivity contribution in [1.29, 1.82) is 0 Å². The number of nitrogens with zero attached hydrogens (tertiary/aromatic N) is 1. The molecule has 1 atom stereocenters. The van der Waals surface area contributed by atoms with Crippen molar-refractivity contribution < 1.29 is 4.74 Å². The van der Waals surface area contributed by atoms with E-state index in [0.29, 0.717) is 16.9 Å². The molecule has 0 saturated carbocycles. The van der Waals surface area contributed by atoms with Crippen LogP contribution in [0.4, 0.5) is 0 Å². The fourth-order valence-corrected chi connectivity index (χ4v) is 2.42. The third-order valence-electron chi connectivity index (χ3n) is 2.67. The van der Waals surface area contributed by atoms with Crippen LogP contribution < -0.4 is 5.56 Å². The summed E-state index contributed by atoms with van der Waals surface area (Å²) in [6.07, 6.45) is -0.173. The molecule has 0 radical (unpaired) electrons.